The van der Waals surface area contributed by atoms with E-state index in [-0.39, 0.29) is 40.0 Å². The molecule has 8 nitrogen and oxygen atoms in total. The topological polar surface area (TPSA) is 130 Å². The Labute approximate surface area is 196 Å². The Morgan fingerprint density at radius 2 is 1.71 bits per heavy atom. The van der Waals surface area contributed by atoms with E-state index < -0.39 is 23.1 Å². The molecule has 3 heterocycles. The molecule has 1 atom stereocenters. The minimum absolute atomic E-state index is 0.0318. The summed E-state index contributed by atoms with van der Waals surface area (Å²) < 4.78 is 11.2. The minimum Gasteiger partial charge on any atom is -0.508 e. The first-order chi connectivity index (χ1) is 16.9. The molecule has 1 aliphatic rings. The Hall–Kier alpha value is -4.85. The Bertz CT molecular complexity index is 1780. The van der Waals surface area contributed by atoms with Crippen LogP contribution in [0.2, 0.25) is 0 Å². The molecule has 8 heteroatoms. The SMILES string of the molecule is O=C1CC(c2cc3ccccc3[nH]c2=O)c2c(cc(O)c3c(=O)c(-c4ccc(O)cc4)coc23)O1. The normalized spacial score (nSPS) is 15.2. The molecule has 0 amide bonds. The Morgan fingerprint density at radius 3 is 2.51 bits per heavy atom. The van der Waals surface area contributed by atoms with Crippen molar-refractivity contribution in [2.75, 3.05) is 0 Å². The van der Waals surface area contributed by atoms with Crippen LogP contribution in [-0.2, 0) is 4.79 Å². The third-order valence-electron chi connectivity index (χ3n) is 6.31. The lowest BCUT2D eigenvalue weighted by atomic mass is 9.85. The van der Waals surface area contributed by atoms with Crippen molar-refractivity contribution in [3.63, 3.8) is 0 Å². The van der Waals surface area contributed by atoms with Crippen molar-refractivity contribution >= 4 is 27.8 Å². The van der Waals surface area contributed by atoms with Crippen molar-refractivity contribution in [3.8, 4) is 28.4 Å². The number of phenols is 2. The average Bonchev–Trinajstić information content (AvgIpc) is 2.83. The number of hydrogen-bond acceptors (Lipinski definition) is 7. The van der Waals surface area contributed by atoms with E-state index in [1.807, 2.05) is 18.2 Å². The van der Waals surface area contributed by atoms with Gasteiger partial charge in [0.25, 0.3) is 5.56 Å². The van der Waals surface area contributed by atoms with Gasteiger partial charge in [-0.15, -0.1) is 0 Å². The van der Waals surface area contributed by atoms with E-state index in [2.05, 4.69) is 4.98 Å². The summed E-state index contributed by atoms with van der Waals surface area (Å²) in [5.41, 5.74) is 1.15. The van der Waals surface area contributed by atoms with Crippen molar-refractivity contribution in [3.05, 3.63) is 98.6 Å². The fraction of sp³-hybridized carbons (Fsp3) is 0.0741. The molecule has 0 spiro atoms. The predicted molar refractivity (Wildman–Crippen MR) is 128 cm³/mol. The maximum Gasteiger partial charge on any atom is 0.312 e. The highest BCUT2D eigenvalue weighted by Gasteiger charge is 2.35. The van der Waals surface area contributed by atoms with E-state index in [0.717, 1.165) is 5.39 Å². The molecule has 0 fully saturated rings. The molecule has 3 N–H and O–H groups in total. The molecule has 0 saturated heterocycles. The number of para-hydroxylation sites is 1. The number of carbonyl (C=O) groups excluding carboxylic acids is 1. The van der Waals surface area contributed by atoms with Gasteiger partial charge in [-0.25, -0.2) is 0 Å². The lowest BCUT2D eigenvalue weighted by Gasteiger charge is -2.25. The van der Waals surface area contributed by atoms with Gasteiger partial charge in [-0.1, -0.05) is 30.3 Å². The number of fused-ring (bicyclic) bond motifs is 4. The summed E-state index contributed by atoms with van der Waals surface area (Å²) in [6.45, 7) is 0. The molecule has 35 heavy (non-hydrogen) atoms. The molecule has 5 aromatic rings. The number of benzene rings is 3. The second kappa shape index (κ2) is 7.59. The number of pyridine rings is 1. The van der Waals surface area contributed by atoms with E-state index in [9.17, 15) is 24.6 Å². The van der Waals surface area contributed by atoms with E-state index in [1.165, 1.54) is 24.5 Å². The number of aromatic nitrogens is 1. The zero-order valence-electron chi connectivity index (χ0n) is 18.1. The maximum absolute atomic E-state index is 13.4. The van der Waals surface area contributed by atoms with Gasteiger partial charge in [-0.05, 0) is 35.2 Å². The standard InChI is InChI=1S/C27H17NO7/c29-15-7-5-13(6-8-15)18-12-34-26-23-16(17-9-14-3-1-2-4-19(14)28-27(17)33)10-22(31)35-21(23)11-20(30)24(26)25(18)32/h1-9,11-12,16,29-30H,10H2,(H,28,33). The number of esters is 1. The summed E-state index contributed by atoms with van der Waals surface area (Å²) in [4.78, 5) is 41.7. The highest BCUT2D eigenvalue weighted by Crippen LogP contribution is 2.45. The molecule has 3 aromatic carbocycles. The van der Waals surface area contributed by atoms with Crippen molar-refractivity contribution in [2.24, 2.45) is 0 Å². The van der Waals surface area contributed by atoms with E-state index >= 15 is 0 Å². The third-order valence-corrected chi connectivity index (χ3v) is 6.31. The van der Waals surface area contributed by atoms with Crippen LogP contribution in [0.3, 0.4) is 0 Å². The van der Waals surface area contributed by atoms with Crippen LogP contribution in [0.15, 0.2) is 80.9 Å². The lowest BCUT2D eigenvalue weighted by Crippen LogP contribution is -2.26. The van der Waals surface area contributed by atoms with Gasteiger partial charge in [0.05, 0.1) is 12.0 Å². The van der Waals surface area contributed by atoms with E-state index in [4.69, 9.17) is 9.15 Å². The Morgan fingerprint density at radius 1 is 0.943 bits per heavy atom. The van der Waals surface area contributed by atoms with Gasteiger partial charge in [0.2, 0.25) is 5.43 Å². The molecular formula is C27H17NO7. The fourth-order valence-electron chi connectivity index (χ4n) is 4.66. The number of aromatic amines is 1. The van der Waals surface area contributed by atoms with Crippen LogP contribution >= 0.6 is 0 Å². The highest BCUT2D eigenvalue weighted by molar-refractivity contribution is 5.94. The van der Waals surface area contributed by atoms with Crippen LogP contribution < -0.4 is 15.7 Å². The number of nitrogens with one attached hydrogen (secondary N) is 1. The summed E-state index contributed by atoms with van der Waals surface area (Å²) in [5.74, 6) is -1.67. The summed E-state index contributed by atoms with van der Waals surface area (Å²) >= 11 is 0. The molecule has 1 aliphatic heterocycles. The number of carbonyl (C=O) groups is 1. The van der Waals surface area contributed by atoms with Gasteiger partial charge in [-0.3, -0.25) is 14.4 Å². The molecule has 0 saturated carbocycles. The Kier molecular flexibility index (Phi) is 4.50. The van der Waals surface area contributed by atoms with Gasteiger partial charge >= 0.3 is 5.97 Å². The third kappa shape index (κ3) is 3.26. The zero-order valence-corrected chi connectivity index (χ0v) is 18.1. The van der Waals surface area contributed by atoms with Gasteiger partial charge in [-0.2, -0.15) is 0 Å². The monoisotopic (exact) mass is 467 g/mol. The molecule has 172 valence electrons. The number of aromatic hydroxyl groups is 2. The summed E-state index contributed by atoms with van der Waals surface area (Å²) in [6, 6.07) is 16.2. The Balaban J connectivity index is 1.63. The largest absolute Gasteiger partial charge is 0.508 e. The van der Waals surface area contributed by atoms with Crippen LogP contribution in [0.25, 0.3) is 33.0 Å². The van der Waals surface area contributed by atoms with E-state index in [1.54, 1.807) is 24.3 Å². The van der Waals surface area contributed by atoms with Crippen LogP contribution in [0.1, 0.15) is 23.5 Å². The first-order valence-corrected chi connectivity index (χ1v) is 10.8. The lowest BCUT2D eigenvalue weighted by molar-refractivity contribution is -0.135. The maximum atomic E-state index is 13.4. The quantitative estimate of drug-likeness (QED) is 0.263. The predicted octanol–water partition coefficient (Wildman–Crippen LogP) is 4.15. The summed E-state index contributed by atoms with van der Waals surface area (Å²) in [7, 11) is 0. The van der Waals surface area contributed by atoms with Crippen LogP contribution in [0, 0.1) is 0 Å². The van der Waals surface area contributed by atoms with Gasteiger partial charge in [0, 0.05) is 28.6 Å². The molecule has 0 radical (unpaired) electrons. The molecule has 2 aromatic heterocycles. The molecule has 1 unspecified atom stereocenters. The number of rotatable bonds is 2. The van der Waals surface area contributed by atoms with Crippen LogP contribution in [0.4, 0.5) is 0 Å². The van der Waals surface area contributed by atoms with Crippen LogP contribution in [-0.4, -0.2) is 21.2 Å². The average molecular weight is 467 g/mol. The van der Waals surface area contributed by atoms with Crippen molar-refractivity contribution in [2.45, 2.75) is 12.3 Å². The van der Waals surface area contributed by atoms with Gasteiger partial charge < -0.3 is 24.4 Å². The summed E-state index contributed by atoms with van der Waals surface area (Å²) in [6.07, 6.45) is 1.12. The molecular weight excluding hydrogens is 450 g/mol. The minimum atomic E-state index is -0.759. The first kappa shape index (κ1) is 20.7. The second-order valence-electron chi connectivity index (χ2n) is 8.41. The molecule has 0 aliphatic carbocycles. The number of H-pyrrole nitrogens is 1. The van der Waals surface area contributed by atoms with Crippen molar-refractivity contribution < 1.29 is 24.2 Å². The molecule has 0 bridgehead atoms. The number of hydrogen-bond donors (Lipinski definition) is 3. The fourth-order valence-corrected chi connectivity index (χ4v) is 4.66. The second-order valence-corrected chi connectivity index (χ2v) is 8.41. The van der Waals surface area contributed by atoms with Gasteiger partial charge in [0.1, 0.15) is 34.5 Å². The van der Waals surface area contributed by atoms with Crippen molar-refractivity contribution in [1.29, 1.82) is 0 Å². The molecule has 6 rings (SSSR count). The smallest absolute Gasteiger partial charge is 0.312 e. The highest BCUT2D eigenvalue weighted by atomic mass is 16.5. The summed E-state index contributed by atoms with van der Waals surface area (Å²) in [5, 5.41) is 21.0. The number of ether oxygens (including phenoxy) is 1. The van der Waals surface area contributed by atoms with Gasteiger partial charge in [0.15, 0.2) is 0 Å². The first-order valence-electron chi connectivity index (χ1n) is 10.8. The zero-order chi connectivity index (χ0) is 24.3. The van der Waals surface area contributed by atoms with E-state index in [0.29, 0.717) is 22.2 Å². The van der Waals surface area contributed by atoms with Crippen molar-refractivity contribution in [1.82, 2.24) is 4.98 Å². The van der Waals surface area contributed by atoms with Crippen LogP contribution in [0.5, 0.6) is 17.2 Å². The number of phenolic OH excluding ortho intramolecular Hbond substituents is 2.